The van der Waals surface area contributed by atoms with Crippen LogP contribution in [0.25, 0.3) is 0 Å². The van der Waals surface area contributed by atoms with E-state index in [9.17, 15) is 0 Å². The van der Waals surface area contributed by atoms with Gasteiger partial charge in [0.1, 0.15) is 0 Å². The van der Waals surface area contributed by atoms with Crippen molar-refractivity contribution in [3.8, 4) is 0 Å². The predicted octanol–water partition coefficient (Wildman–Crippen LogP) is 5.70. The average Bonchev–Trinajstić information content (AvgIpc) is 2.46. The van der Waals surface area contributed by atoms with E-state index in [1.807, 2.05) is 0 Å². The van der Waals surface area contributed by atoms with Gasteiger partial charge in [0.2, 0.25) is 0 Å². The lowest BCUT2D eigenvalue weighted by Crippen LogP contribution is -2.09. The van der Waals surface area contributed by atoms with E-state index >= 15 is 0 Å². The first-order valence-electron chi connectivity index (χ1n) is 7.42. The van der Waals surface area contributed by atoms with Crippen molar-refractivity contribution in [2.75, 3.05) is 11.9 Å². The molecule has 0 aliphatic heterocycles. The molecule has 1 heteroatoms. The number of nitrogens with zero attached hydrogens (tertiary/aromatic N) is 1. The average molecular weight is 267 g/mol. The minimum Gasteiger partial charge on any atom is -0.345 e. The van der Waals surface area contributed by atoms with Gasteiger partial charge in [-0.1, -0.05) is 52.0 Å². The second kappa shape index (κ2) is 6.13. The van der Waals surface area contributed by atoms with E-state index in [1.54, 1.807) is 0 Å². The fourth-order valence-electron chi connectivity index (χ4n) is 2.31. The maximum absolute atomic E-state index is 2.23. The van der Waals surface area contributed by atoms with Crippen molar-refractivity contribution in [1.29, 1.82) is 0 Å². The Morgan fingerprint density at radius 3 is 1.15 bits per heavy atom. The summed E-state index contributed by atoms with van der Waals surface area (Å²) < 4.78 is 0. The van der Waals surface area contributed by atoms with Crippen LogP contribution in [0.15, 0.2) is 48.5 Å². The van der Waals surface area contributed by atoms with E-state index in [2.05, 4.69) is 88.2 Å². The van der Waals surface area contributed by atoms with Crippen LogP contribution in [-0.4, -0.2) is 7.05 Å². The van der Waals surface area contributed by atoms with Crippen molar-refractivity contribution in [2.45, 2.75) is 39.5 Å². The molecule has 0 saturated heterocycles. The molecule has 2 rings (SSSR count). The second-order valence-corrected chi connectivity index (χ2v) is 6.05. The molecule has 0 amide bonds. The van der Waals surface area contributed by atoms with E-state index in [0.29, 0.717) is 11.8 Å². The number of benzene rings is 2. The lowest BCUT2D eigenvalue weighted by Gasteiger charge is -2.21. The molecule has 0 heterocycles. The van der Waals surface area contributed by atoms with Gasteiger partial charge in [0.15, 0.2) is 0 Å². The number of hydrogen-bond acceptors (Lipinski definition) is 1. The number of anilines is 2. The predicted molar refractivity (Wildman–Crippen MR) is 89.1 cm³/mol. The summed E-state index contributed by atoms with van der Waals surface area (Å²) in [4.78, 5) is 2.23. The molecule has 1 nitrogen and oxygen atoms in total. The van der Waals surface area contributed by atoms with E-state index in [-0.39, 0.29) is 0 Å². The van der Waals surface area contributed by atoms with Gasteiger partial charge in [-0.05, 0) is 47.2 Å². The second-order valence-electron chi connectivity index (χ2n) is 6.05. The van der Waals surface area contributed by atoms with Crippen LogP contribution in [0.1, 0.15) is 50.7 Å². The third-order valence-electron chi connectivity index (χ3n) is 3.89. The highest BCUT2D eigenvalue weighted by Crippen LogP contribution is 2.27. The molecule has 0 fully saturated rings. The third kappa shape index (κ3) is 3.22. The summed E-state index contributed by atoms with van der Waals surface area (Å²) in [5, 5.41) is 0. The molecule has 0 aliphatic carbocycles. The van der Waals surface area contributed by atoms with Gasteiger partial charge in [0, 0.05) is 18.4 Å². The van der Waals surface area contributed by atoms with E-state index in [0.717, 1.165) is 0 Å². The van der Waals surface area contributed by atoms with Crippen molar-refractivity contribution >= 4 is 11.4 Å². The summed E-state index contributed by atoms with van der Waals surface area (Å²) in [6.45, 7) is 8.90. The van der Waals surface area contributed by atoms with Crippen molar-refractivity contribution in [3.05, 3.63) is 59.7 Å². The molecular weight excluding hydrogens is 242 g/mol. The minimum absolute atomic E-state index is 0.583. The van der Waals surface area contributed by atoms with Crippen LogP contribution in [0.3, 0.4) is 0 Å². The fraction of sp³-hybridized carbons (Fsp3) is 0.368. The van der Waals surface area contributed by atoms with Crippen LogP contribution in [0.4, 0.5) is 11.4 Å². The highest BCUT2D eigenvalue weighted by molar-refractivity contribution is 5.63. The van der Waals surface area contributed by atoms with Crippen molar-refractivity contribution < 1.29 is 0 Å². The molecule has 0 aromatic heterocycles. The van der Waals surface area contributed by atoms with Gasteiger partial charge < -0.3 is 4.90 Å². The third-order valence-corrected chi connectivity index (χ3v) is 3.89. The summed E-state index contributed by atoms with van der Waals surface area (Å²) in [6, 6.07) is 17.7. The smallest absolute Gasteiger partial charge is 0.0408 e. The summed E-state index contributed by atoms with van der Waals surface area (Å²) in [7, 11) is 2.12. The maximum atomic E-state index is 2.23. The SMILES string of the molecule is CC(C)c1ccc(N(C)c2ccc(C(C)C)cc2)cc1. The Hall–Kier alpha value is -1.76. The lowest BCUT2D eigenvalue weighted by molar-refractivity contribution is 0.865. The van der Waals surface area contributed by atoms with E-state index in [4.69, 9.17) is 0 Å². The standard InChI is InChI=1S/C19H25N/c1-14(2)16-6-10-18(11-7-16)20(5)19-12-8-17(9-13-19)15(3)4/h6-15H,1-5H3. The van der Waals surface area contributed by atoms with Gasteiger partial charge in [0.25, 0.3) is 0 Å². The molecule has 2 aromatic rings. The van der Waals surface area contributed by atoms with Crippen LogP contribution in [0.2, 0.25) is 0 Å². The molecule has 0 N–H and O–H groups in total. The molecule has 0 spiro atoms. The topological polar surface area (TPSA) is 3.24 Å². The maximum Gasteiger partial charge on any atom is 0.0408 e. The van der Waals surface area contributed by atoms with Crippen molar-refractivity contribution in [1.82, 2.24) is 0 Å². The van der Waals surface area contributed by atoms with Gasteiger partial charge in [-0.25, -0.2) is 0 Å². The summed E-state index contributed by atoms with van der Waals surface area (Å²) in [5.74, 6) is 1.17. The Bertz CT molecular complexity index is 483. The zero-order valence-corrected chi connectivity index (χ0v) is 13.2. The summed E-state index contributed by atoms with van der Waals surface area (Å²) >= 11 is 0. The van der Waals surface area contributed by atoms with E-state index < -0.39 is 0 Å². The van der Waals surface area contributed by atoms with Gasteiger partial charge >= 0.3 is 0 Å². The van der Waals surface area contributed by atoms with Crippen LogP contribution in [-0.2, 0) is 0 Å². The van der Waals surface area contributed by atoms with Crippen LogP contribution in [0.5, 0.6) is 0 Å². The van der Waals surface area contributed by atoms with Crippen LogP contribution in [0, 0.1) is 0 Å². The minimum atomic E-state index is 0.583. The Morgan fingerprint density at radius 1 is 0.600 bits per heavy atom. The lowest BCUT2D eigenvalue weighted by atomic mass is 10.0. The first-order chi connectivity index (χ1) is 9.49. The molecule has 0 bridgehead atoms. The van der Waals surface area contributed by atoms with E-state index in [1.165, 1.54) is 22.5 Å². The molecule has 20 heavy (non-hydrogen) atoms. The molecule has 0 aliphatic rings. The Morgan fingerprint density at radius 2 is 0.900 bits per heavy atom. The molecule has 0 radical (unpaired) electrons. The monoisotopic (exact) mass is 267 g/mol. The summed E-state index contributed by atoms with van der Waals surface area (Å²) in [5.41, 5.74) is 5.23. The Kier molecular flexibility index (Phi) is 4.49. The quantitative estimate of drug-likeness (QED) is 0.686. The van der Waals surface area contributed by atoms with Gasteiger partial charge in [-0.2, -0.15) is 0 Å². The zero-order chi connectivity index (χ0) is 14.7. The van der Waals surface area contributed by atoms with Crippen molar-refractivity contribution in [3.63, 3.8) is 0 Å². The highest BCUT2D eigenvalue weighted by Gasteiger charge is 2.06. The number of hydrogen-bond donors (Lipinski definition) is 0. The van der Waals surface area contributed by atoms with Crippen LogP contribution < -0.4 is 4.90 Å². The summed E-state index contributed by atoms with van der Waals surface area (Å²) in [6.07, 6.45) is 0. The van der Waals surface area contributed by atoms with Crippen LogP contribution >= 0.6 is 0 Å². The largest absolute Gasteiger partial charge is 0.345 e. The Labute approximate surface area is 123 Å². The normalized spacial score (nSPS) is 11.2. The molecule has 106 valence electrons. The number of rotatable bonds is 4. The molecular formula is C19H25N. The highest BCUT2D eigenvalue weighted by atomic mass is 15.1. The Balaban J connectivity index is 2.19. The molecule has 0 saturated carbocycles. The van der Waals surface area contributed by atoms with Gasteiger partial charge in [0.05, 0.1) is 0 Å². The fourth-order valence-corrected chi connectivity index (χ4v) is 2.31. The van der Waals surface area contributed by atoms with Gasteiger partial charge in [-0.3, -0.25) is 0 Å². The zero-order valence-electron chi connectivity index (χ0n) is 13.2. The first kappa shape index (κ1) is 14.6. The molecule has 0 atom stereocenters. The molecule has 0 unspecified atom stereocenters. The van der Waals surface area contributed by atoms with Gasteiger partial charge in [-0.15, -0.1) is 0 Å². The van der Waals surface area contributed by atoms with Crippen molar-refractivity contribution in [2.24, 2.45) is 0 Å². The first-order valence-corrected chi connectivity index (χ1v) is 7.42. The molecule has 2 aromatic carbocycles.